The summed E-state index contributed by atoms with van der Waals surface area (Å²) in [7, 11) is 0. The van der Waals surface area contributed by atoms with Crippen molar-refractivity contribution in [3.63, 3.8) is 0 Å². The number of likely N-dealkylation sites (tertiary alicyclic amines) is 1. The molecule has 0 aromatic heterocycles. The number of nitrogens with one attached hydrogen (secondary N) is 1. The first-order valence-electron chi connectivity index (χ1n) is 7.48. The van der Waals surface area contributed by atoms with Crippen LogP contribution >= 0.6 is 0 Å². The van der Waals surface area contributed by atoms with Crippen LogP contribution in [0.25, 0.3) is 0 Å². The highest BCUT2D eigenvalue weighted by Crippen LogP contribution is 2.29. The average molecular weight is 274 g/mol. The second-order valence-corrected chi connectivity index (χ2v) is 5.93. The lowest BCUT2D eigenvalue weighted by Gasteiger charge is -2.16. The summed E-state index contributed by atoms with van der Waals surface area (Å²) >= 11 is 0. The largest absolute Gasteiger partial charge is 0.481 e. The normalized spacial score (nSPS) is 23.1. The van der Waals surface area contributed by atoms with Gasteiger partial charge in [-0.05, 0) is 30.4 Å². The summed E-state index contributed by atoms with van der Waals surface area (Å²) in [6.07, 6.45) is 4.05. The first-order valence-corrected chi connectivity index (χ1v) is 7.48. The third-order valence-electron chi connectivity index (χ3n) is 4.32. The molecule has 2 aliphatic rings. The minimum atomic E-state index is -0.766. The number of aliphatic carboxylic acids is 1. The van der Waals surface area contributed by atoms with Crippen molar-refractivity contribution in [3.8, 4) is 0 Å². The van der Waals surface area contributed by atoms with Crippen molar-refractivity contribution < 1.29 is 9.90 Å². The van der Waals surface area contributed by atoms with Crippen LogP contribution in [0.15, 0.2) is 24.3 Å². The maximum absolute atomic E-state index is 10.9. The van der Waals surface area contributed by atoms with Crippen LogP contribution in [0.1, 0.15) is 30.4 Å². The molecule has 20 heavy (non-hydrogen) atoms. The van der Waals surface area contributed by atoms with Gasteiger partial charge in [0.05, 0.1) is 6.42 Å². The molecule has 1 unspecified atom stereocenters. The predicted octanol–water partition coefficient (Wildman–Crippen LogP) is 1.64. The summed E-state index contributed by atoms with van der Waals surface area (Å²) in [5.74, 6) is -0.766. The SMILES string of the molecule is O=C(O)Cc1ccccc1CNC1CCN(C2CC2)C1. The highest BCUT2D eigenvalue weighted by molar-refractivity contribution is 5.70. The lowest BCUT2D eigenvalue weighted by Crippen LogP contribution is -2.33. The molecule has 2 fully saturated rings. The standard InChI is InChI=1S/C16H22N2O2/c19-16(20)9-12-3-1-2-4-13(12)10-17-14-7-8-18(11-14)15-5-6-15/h1-4,14-15,17H,5-11H2,(H,19,20). The Labute approximate surface area is 119 Å². The number of hydrogen-bond donors (Lipinski definition) is 2. The molecule has 0 spiro atoms. The number of rotatable bonds is 6. The van der Waals surface area contributed by atoms with E-state index in [1.165, 1.54) is 25.8 Å². The van der Waals surface area contributed by atoms with Crippen molar-refractivity contribution >= 4 is 5.97 Å². The molecule has 1 aliphatic heterocycles. The van der Waals surface area contributed by atoms with Crippen molar-refractivity contribution in [2.24, 2.45) is 0 Å². The van der Waals surface area contributed by atoms with Gasteiger partial charge in [0, 0.05) is 31.7 Å². The maximum Gasteiger partial charge on any atom is 0.307 e. The molecule has 0 bridgehead atoms. The minimum absolute atomic E-state index is 0.108. The van der Waals surface area contributed by atoms with E-state index in [1.807, 2.05) is 24.3 Å². The molecule has 1 aliphatic carbocycles. The molecule has 0 radical (unpaired) electrons. The van der Waals surface area contributed by atoms with E-state index in [4.69, 9.17) is 5.11 Å². The van der Waals surface area contributed by atoms with Crippen LogP contribution in [0.4, 0.5) is 0 Å². The zero-order valence-electron chi connectivity index (χ0n) is 11.7. The van der Waals surface area contributed by atoms with E-state index in [2.05, 4.69) is 10.2 Å². The van der Waals surface area contributed by atoms with Crippen molar-refractivity contribution in [2.75, 3.05) is 13.1 Å². The summed E-state index contributed by atoms with van der Waals surface area (Å²) in [5, 5.41) is 12.5. The second kappa shape index (κ2) is 5.94. The highest BCUT2D eigenvalue weighted by Gasteiger charge is 2.34. The average Bonchev–Trinajstić information content (AvgIpc) is 3.17. The van der Waals surface area contributed by atoms with Crippen LogP contribution < -0.4 is 5.32 Å². The molecule has 0 amide bonds. The summed E-state index contributed by atoms with van der Waals surface area (Å²) in [5.41, 5.74) is 2.03. The molecule has 1 saturated carbocycles. The molecular weight excluding hydrogens is 252 g/mol. The second-order valence-electron chi connectivity index (χ2n) is 5.93. The van der Waals surface area contributed by atoms with E-state index < -0.39 is 5.97 Å². The molecule has 1 saturated heterocycles. The molecular formula is C16H22N2O2. The van der Waals surface area contributed by atoms with Gasteiger partial charge in [0.2, 0.25) is 0 Å². The van der Waals surface area contributed by atoms with Crippen molar-refractivity contribution in [1.82, 2.24) is 10.2 Å². The highest BCUT2D eigenvalue weighted by atomic mass is 16.4. The van der Waals surface area contributed by atoms with Gasteiger partial charge < -0.3 is 10.4 Å². The van der Waals surface area contributed by atoms with E-state index in [0.717, 1.165) is 30.3 Å². The van der Waals surface area contributed by atoms with Crippen LogP contribution in [0.5, 0.6) is 0 Å². The van der Waals surface area contributed by atoms with Gasteiger partial charge in [0.1, 0.15) is 0 Å². The number of carbonyl (C=O) groups is 1. The van der Waals surface area contributed by atoms with E-state index in [0.29, 0.717) is 6.04 Å². The molecule has 1 aromatic rings. The zero-order valence-corrected chi connectivity index (χ0v) is 11.7. The van der Waals surface area contributed by atoms with Crippen LogP contribution in [0.2, 0.25) is 0 Å². The Bertz CT molecular complexity index is 485. The summed E-state index contributed by atoms with van der Waals surface area (Å²) in [4.78, 5) is 13.5. The minimum Gasteiger partial charge on any atom is -0.481 e. The van der Waals surface area contributed by atoms with Gasteiger partial charge in [0.25, 0.3) is 0 Å². The van der Waals surface area contributed by atoms with Crippen LogP contribution in [-0.2, 0) is 17.8 Å². The molecule has 3 rings (SSSR count). The van der Waals surface area contributed by atoms with Crippen LogP contribution in [0.3, 0.4) is 0 Å². The Morgan fingerprint density at radius 1 is 1.25 bits per heavy atom. The van der Waals surface area contributed by atoms with Crippen molar-refractivity contribution in [2.45, 2.75) is 44.3 Å². The Morgan fingerprint density at radius 3 is 2.70 bits per heavy atom. The fraction of sp³-hybridized carbons (Fsp3) is 0.562. The predicted molar refractivity (Wildman–Crippen MR) is 77.6 cm³/mol. The number of carboxylic acids is 1. The first-order chi connectivity index (χ1) is 9.72. The Hall–Kier alpha value is -1.39. The summed E-state index contributed by atoms with van der Waals surface area (Å²) in [6, 6.07) is 9.23. The van der Waals surface area contributed by atoms with Gasteiger partial charge >= 0.3 is 5.97 Å². The molecule has 1 atom stereocenters. The van der Waals surface area contributed by atoms with Crippen LogP contribution in [-0.4, -0.2) is 41.1 Å². The van der Waals surface area contributed by atoms with Gasteiger partial charge in [-0.25, -0.2) is 0 Å². The summed E-state index contributed by atoms with van der Waals surface area (Å²) in [6.45, 7) is 3.12. The third kappa shape index (κ3) is 3.38. The third-order valence-corrected chi connectivity index (χ3v) is 4.32. The Kier molecular flexibility index (Phi) is 4.03. The first kappa shape index (κ1) is 13.6. The number of carboxylic acid groups (broad SMARTS) is 1. The monoisotopic (exact) mass is 274 g/mol. The fourth-order valence-electron chi connectivity index (χ4n) is 3.04. The fourth-order valence-corrected chi connectivity index (χ4v) is 3.04. The van der Waals surface area contributed by atoms with E-state index in [1.54, 1.807) is 0 Å². The Balaban J connectivity index is 1.54. The molecule has 1 heterocycles. The topological polar surface area (TPSA) is 52.6 Å². The molecule has 1 aromatic carbocycles. The van der Waals surface area contributed by atoms with Crippen molar-refractivity contribution in [3.05, 3.63) is 35.4 Å². The van der Waals surface area contributed by atoms with Gasteiger partial charge in [-0.3, -0.25) is 9.69 Å². The van der Waals surface area contributed by atoms with E-state index in [-0.39, 0.29) is 6.42 Å². The maximum atomic E-state index is 10.9. The van der Waals surface area contributed by atoms with Gasteiger partial charge in [-0.2, -0.15) is 0 Å². The lowest BCUT2D eigenvalue weighted by molar-refractivity contribution is -0.136. The number of nitrogens with zero attached hydrogens (tertiary/aromatic N) is 1. The molecule has 4 nitrogen and oxygen atoms in total. The number of benzene rings is 1. The van der Waals surface area contributed by atoms with Gasteiger partial charge in [0.15, 0.2) is 0 Å². The van der Waals surface area contributed by atoms with Gasteiger partial charge in [-0.15, -0.1) is 0 Å². The van der Waals surface area contributed by atoms with Gasteiger partial charge in [-0.1, -0.05) is 24.3 Å². The van der Waals surface area contributed by atoms with E-state index >= 15 is 0 Å². The quantitative estimate of drug-likeness (QED) is 0.828. The zero-order chi connectivity index (χ0) is 13.9. The Morgan fingerprint density at radius 2 is 2.00 bits per heavy atom. The molecule has 4 heteroatoms. The summed E-state index contributed by atoms with van der Waals surface area (Å²) < 4.78 is 0. The molecule has 2 N–H and O–H groups in total. The smallest absolute Gasteiger partial charge is 0.307 e. The number of hydrogen-bond acceptors (Lipinski definition) is 3. The van der Waals surface area contributed by atoms with Crippen molar-refractivity contribution in [1.29, 1.82) is 0 Å². The molecule has 108 valence electrons. The lowest BCUT2D eigenvalue weighted by atomic mass is 10.0. The van der Waals surface area contributed by atoms with E-state index in [9.17, 15) is 4.79 Å². The van der Waals surface area contributed by atoms with Crippen LogP contribution in [0, 0.1) is 0 Å².